The molecule has 0 amide bonds. The molecule has 0 spiro atoms. The molecule has 0 saturated carbocycles. The molecule has 0 aliphatic carbocycles. The van der Waals surface area contributed by atoms with Crippen molar-refractivity contribution >= 4 is 16.5 Å². The van der Waals surface area contributed by atoms with Crippen LogP contribution in [0.4, 0.5) is 5.13 Å². The van der Waals surface area contributed by atoms with Crippen LogP contribution >= 0.6 is 11.3 Å². The van der Waals surface area contributed by atoms with Crippen molar-refractivity contribution < 1.29 is 0 Å². The van der Waals surface area contributed by atoms with Gasteiger partial charge in [-0.15, -0.1) is 11.3 Å². The van der Waals surface area contributed by atoms with E-state index in [1.807, 2.05) is 17.6 Å². The second-order valence-electron chi connectivity index (χ2n) is 5.19. The van der Waals surface area contributed by atoms with Gasteiger partial charge >= 0.3 is 0 Å². The fraction of sp³-hybridized carbons (Fsp3) is 0.167. The Morgan fingerprint density at radius 1 is 1.05 bits per heavy atom. The van der Waals surface area contributed by atoms with E-state index in [9.17, 15) is 0 Å². The normalized spacial score (nSPS) is 12.1. The zero-order valence-electron chi connectivity index (χ0n) is 12.2. The molecular formula is C18H18N2S. The third-order valence-electron chi connectivity index (χ3n) is 3.57. The van der Waals surface area contributed by atoms with Crippen LogP contribution in [0.25, 0.3) is 0 Å². The number of rotatable bonds is 4. The van der Waals surface area contributed by atoms with Crippen LogP contribution in [0, 0.1) is 13.8 Å². The van der Waals surface area contributed by atoms with E-state index >= 15 is 0 Å². The lowest BCUT2D eigenvalue weighted by atomic mass is 9.94. The van der Waals surface area contributed by atoms with Gasteiger partial charge in [0.15, 0.2) is 5.13 Å². The predicted molar refractivity (Wildman–Crippen MR) is 89.9 cm³/mol. The summed E-state index contributed by atoms with van der Waals surface area (Å²) in [6.07, 6.45) is 1.83. The smallest absolute Gasteiger partial charge is 0.183 e. The summed E-state index contributed by atoms with van der Waals surface area (Å²) in [6.45, 7) is 4.30. The van der Waals surface area contributed by atoms with Crippen molar-refractivity contribution in [3.8, 4) is 0 Å². The summed E-state index contributed by atoms with van der Waals surface area (Å²) < 4.78 is 0. The number of benzene rings is 2. The zero-order valence-corrected chi connectivity index (χ0v) is 13.0. The van der Waals surface area contributed by atoms with E-state index in [0.717, 1.165) is 5.13 Å². The molecule has 1 unspecified atom stereocenters. The summed E-state index contributed by atoms with van der Waals surface area (Å²) in [5, 5.41) is 6.50. The lowest BCUT2D eigenvalue weighted by molar-refractivity contribution is 0.921. The highest BCUT2D eigenvalue weighted by atomic mass is 32.1. The highest BCUT2D eigenvalue weighted by Crippen LogP contribution is 2.30. The Balaban J connectivity index is 2.03. The van der Waals surface area contributed by atoms with Crippen molar-refractivity contribution in [2.75, 3.05) is 5.32 Å². The van der Waals surface area contributed by atoms with E-state index in [-0.39, 0.29) is 6.04 Å². The van der Waals surface area contributed by atoms with Gasteiger partial charge in [0.2, 0.25) is 0 Å². The quantitative estimate of drug-likeness (QED) is 0.735. The van der Waals surface area contributed by atoms with Crippen LogP contribution in [-0.4, -0.2) is 4.98 Å². The van der Waals surface area contributed by atoms with E-state index in [1.54, 1.807) is 11.3 Å². The van der Waals surface area contributed by atoms with Gasteiger partial charge in [0, 0.05) is 11.6 Å². The second-order valence-corrected chi connectivity index (χ2v) is 6.08. The van der Waals surface area contributed by atoms with Gasteiger partial charge in [-0.2, -0.15) is 0 Å². The second kappa shape index (κ2) is 6.10. The standard InChI is InChI=1S/C18H18N2S/c1-13-8-9-16(14(2)12-13)17(15-6-4-3-5-7-15)20-18-19-10-11-21-18/h3-12,17H,1-2H3,(H,19,20). The van der Waals surface area contributed by atoms with Gasteiger partial charge in [0.05, 0.1) is 6.04 Å². The molecule has 3 rings (SSSR count). The van der Waals surface area contributed by atoms with E-state index in [1.165, 1.54) is 22.3 Å². The van der Waals surface area contributed by atoms with Gasteiger partial charge < -0.3 is 5.32 Å². The highest BCUT2D eigenvalue weighted by Gasteiger charge is 2.16. The van der Waals surface area contributed by atoms with Crippen molar-refractivity contribution in [3.05, 3.63) is 82.4 Å². The number of aromatic nitrogens is 1. The molecule has 21 heavy (non-hydrogen) atoms. The average Bonchev–Trinajstić information content (AvgIpc) is 2.99. The molecule has 3 aromatic rings. The molecule has 1 heterocycles. The van der Waals surface area contributed by atoms with Gasteiger partial charge in [-0.3, -0.25) is 0 Å². The first kappa shape index (κ1) is 13.8. The summed E-state index contributed by atoms with van der Waals surface area (Å²) in [5.41, 5.74) is 5.13. The van der Waals surface area contributed by atoms with Crippen LogP contribution in [0.5, 0.6) is 0 Å². The number of hydrogen-bond acceptors (Lipinski definition) is 3. The molecule has 0 bridgehead atoms. The monoisotopic (exact) mass is 294 g/mol. The Kier molecular flexibility index (Phi) is 4.02. The van der Waals surface area contributed by atoms with E-state index in [0.29, 0.717) is 0 Å². The first-order valence-corrected chi connectivity index (χ1v) is 7.90. The minimum Gasteiger partial charge on any atom is -0.351 e. The molecule has 2 aromatic carbocycles. The predicted octanol–water partition coefficient (Wildman–Crippen LogP) is 4.96. The summed E-state index contributed by atoms with van der Waals surface area (Å²) >= 11 is 1.63. The lowest BCUT2D eigenvalue weighted by Crippen LogP contribution is -2.13. The summed E-state index contributed by atoms with van der Waals surface area (Å²) in [6, 6.07) is 17.3. The largest absolute Gasteiger partial charge is 0.351 e. The topological polar surface area (TPSA) is 24.9 Å². The molecule has 2 nitrogen and oxygen atoms in total. The van der Waals surface area contributed by atoms with Gasteiger partial charge in [0.25, 0.3) is 0 Å². The number of aryl methyl sites for hydroxylation is 2. The third kappa shape index (κ3) is 3.14. The van der Waals surface area contributed by atoms with Crippen LogP contribution in [0.1, 0.15) is 28.3 Å². The number of anilines is 1. The molecule has 0 radical (unpaired) electrons. The summed E-state index contributed by atoms with van der Waals surface area (Å²) in [4.78, 5) is 4.36. The first-order chi connectivity index (χ1) is 10.2. The zero-order chi connectivity index (χ0) is 14.7. The SMILES string of the molecule is Cc1ccc(C(Nc2nccs2)c2ccccc2)c(C)c1. The number of nitrogens with zero attached hydrogens (tertiary/aromatic N) is 1. The van der Waals surface area contributed by atoms with Crippen LogP contribution in [0.15, 0.2) is 60.1 Å². The van der Waals surface area contributed by atoms with Gasteiger partial charge in [-0.1, -0.05) is 54.1 Å². The fourth-order valence-electron chi connectivity index (χ4n) is 2.55. The highest BCUT2D eigenvalue weighted by molar-refractivity contribution is 7.13. The average molecular weight is 294 g/mol. The molecule has 0 aliphatic rings. The molecule has 0 fully saturated rings. The molecule has 0 saturated heterocycles. The van der Waals surface area contributed by atoms with Gasteiger partial charge in [0.1, 0.15) is 0 Å². The van der Waals surface area contributed by atoms with Crippen molar-refractivity contribution in [1.29, 1.82) is 0 Å². The molecule has 106 valence electrons. The maximum Gasteiger partial charge on any atom is 0.183 e. The third-order valence-corrected chi connectivity index (χ3v) is 4.27. The molecular weight excluding hydrogens is 276 g/mol. The van der Waals surface area contributed by atoms with Crippen LogP contribution < -0.4 is 5.32 Å². The van der Waals surface area contributed by atoms with Crippen LogP contribution in [0.3, 0.4) is 0 Å². The maximum atomic E-state index is 4.36. The summed E-state index contributed by atoms with van der Waals surface area (Å²) in [7, 11) is 0. The fourth-order valence-corrected chi connectivity index (χ4v) is 3.11. The van der Waals surface area contributed by atoms with Gasteiger partial charge in [-0.05, 0) is 30.5 Å². The van der Waals surface area contributed by atoms with Crippen LogP contribution in [-0.2, 0) is 0 Å². The minimum absolute atomic E-state index is 0.123. The van der Waals surface area contributed by atoms with Gasteiger partial charge in [-0.25, -0.2) is 4.98 Å². The molecule has 1 atom stereocenters. The first-order valence-electron chi connectivity index (χ1n) is 7.02. The Morgan fingerprint density at radius 2 is 1.86 bits per heavy atom. The molecule has 1 aromatic heterocycles. The minimum atomic E-state index is 0.123. The van der Waals surface area contributed by atoms with Crippen LogP contribution in [0.2, 0.25) is 0 Å². The van der Waals surface area contributed by atoms with E-state index in [2.05, 4.69) is 66.6 Å². The maximum absolute atomic E-state index is 4.36. The van der Waals surface area contributed by atoms with Crippen molar-refractivity contribution in [1.82, 2.24) is 4.98 Å². The van der Waals surface area contributed by atoms with E-state index < -0.39 is 0 Å². The lowest BCUT2D eigenvalue weighted by Gasteiger charge is -2.21. The van der Waals surface area contributed by atoms with Crippen molar-refractivity contribution in [2.24, 2.45) is 0 Å². The molecule has 3 heteroatoms. The molecule has 0 aliphatic heterocycles. The van der Waals surface area contributed by atoms with Crippen molar-refractivity contribution in [3.63, 3.8) is 0 Å². The van der Waals surface area contributed by atoms with Crippen molar-refractivity contribution in [2.45, 2.75) is 19.9 Å². The number of thiazole rings is 1. The number of nitrogens with one attached hydrogen (secondary N) is 1. The number of hydrogen-bond donors (Lipinski definition) is 1. The summed E-state index contributed by atoms with van der Waals surface area (Å²) in [5.74, 6) is 0. The van der Waals surface area contributed by atoms with E-state index in [4.69, 9.17) is 0 Å². The Hall–Kier alpha value is -2.13. The Bertz CT molecular complexity index is 705. The molecule has 1 N–H and O–H groups in total. The Labute approximate surface area is 129 Å². The Morgan fingerprint density at radius 3 is 2.52 bits per heavy atom.